The molecule has 0 saturated carbocycles. The molecule has 0 bridgehead atoms. The lowest BCUT2D eigenvalue weighted by Crippen LogP contribution is -2.31. The van der Waals surface area contributed by atoms with Gasteiger partial charge in [-0.3, -0.25) is 9.59 Å². The van der Waals surface area contributed by atoms with Gasteiger partial charge in [-0.05, 0) is 51.8 Å². The first-order chi connectivity index (χ1) is 14.1. The molecule has 2 aromatic rings. The van der Waals surface area contributed by atoms with E-state index >= 15 is 0 Å². The van der Waals surface area contributed by atoms with Crippen LogP contribution in [-0.2, 0) is 19.1 Å². The van der Waals surface area contributed by atoms with Crippen LogP contribution in [0.5, 0.6) is 0 Å². The van der Waals surface area contributed by atoms with E-state index < -0.39 is 23.5 Å². The fourth-order valence-corrected chi connectivity index (χ4v) is 2.79. The first-order valence-electron chi connectivity index (χ1n) is 9.89. The molecule has 0 spiro atoms. The van der Waals surface area contributed by atoms with Crippen molar-refractivity contribution in [3.8, 4) is 0 Å². The third-order valence-electron chi connectivity index (χ3n) is 4.21. The SMILES string of the molecule is CCOC(=O)C=Cc1ccc(C(=O)C(C(=O)OC(C)(C)C)c2ccc(C)cc2)cc1. The molecular weight excluding hydrogens is 380 g/mol. The van der Waals surface area contributed by atoms with Crippen LogP contribution in [0.3, 0.4) is 0 Å². The molecule has 5 heteroatoms. The maximum atomic E-state index is 13.2. The number of benzene rings is 2. The van der Waals surface area contributed by atoms with Crippen molar-refractivity contribution in [2.45, 2.75) is 46.1 Å². The summed E-state index contributed by atoms with van der Waals surface area (Å²) in [6.45, 7) is 9.30. The van der Waals surface area contributed by atoms with Gasteiger partial charge < -0.3 is 9.47 Å². The highest BCUT2D eigenvalue weighted by atomic mass is 16.6. The number of ketones is 1. The molecule has 0 radical (unpaired) electrons. The van der Waals surface area contributed by atoms with Crippen LogP contribution in [0.2, 0.25) is 0 Å². The Morgan fingerprint density at radius 3 is 2.10 bits per heavy atom. The molecule has 1 atom stereocenters. The van der Waals surface area contributed by atoms with Crippen LogP contribution in [0.25, 0.3) is 6.08 Å². The Hall–Kier alpha value is -3.21. The van der Waals surface area contributed by atoms with Crippen LogP contribution in [0.15, 0.2) is 54.6 Å². The van der Waals surface area contributed by atoms with E-state index in [1.807, 2.05) is 19.1 Å². The van der Waals surface area contributed by atoms with E-state index in [1.54, 1.807) is 70.2 Å². The van der Waals surface area contributed by atoms with Crippen LogP contribution < -0.4 is 0 Å². The maximum absolute atomic E-state index is 13.2. The normalized spacial score (nSPS) is 12.4. The topological polar surface area (TPSA) is 69.7 Å². The van der Waals surface area contributed by atoms with Crippen molar-refractivity contribution < 1.29 is 23.9 Å². The van der Waals surface area contributed by atoms with Gasteiger partial charge in [0.2, 0.25) is 0 Å². The van der Waals surface area contributed by atoms with E-state index in [0.717, 1.165) is 11.1 Å². The van der Waals surface area contributed by atoms with E-state index in [2.05, 4.69) is 0 Å². The predicted octanol–water partition coefficient (Wildman–Crippen LogP) is 4.88. The van der Waals surface area contributed by atoms with Gasteiger partial charge in [-0.25, -0.2) is 4.79 Å². The first kappa shape index (κ1) is 23.1. The number of hydrogen-bond acceptors (Lipinski definition) is 5. The lowest BCUT2D eigenvalue weighted by atomic mass is 9.89. The molecule has 0 aliphatic heterocycles. The number of carbonyl (C=O) groups is 3. The van der Waals surface area contributed by atoms with Crippen molar-refractivity contribution in [2.24, 2.45) is 0 Å². The second kappa shape index (κ2) is 10.0. The summed E-state index contributed by atoms with van der Waals surface area (Å²) in [5.41, 5.74) is 2.05. The van der Waals surface area contributed by atoms with Gasteiger partial charge in [0.15, 0.2) is 5.78 Å². The average molecular weight is 408 g/mol. The van der Waals surface area contributed by atoms with Gasteiger partial charge in [0.05, 0.1) is 6.61 Å². The third kappa shape index (κ3) is 6.69. The number of hydrogen-bond donors (Lipinski definition) is 0. The maximum Gasteiger partial charge on any atom is 0.330 e. The molecule has 0 fully saturated rings. The molecule has 30 heavy (non-hydrogen) atoms. The lowest BCUT2D eigenvalue weighted by molar-refractivity contribution is -0.155. The summed E-state index contributed by atoms with van der Waals surface area (Å²) in [4.78, 5) is 37.5. The van der Waals surface area contributed by atoms with Crippen molar-refractivity contribution in [3.05, 3.63) is 76.9 Å². The lowest BCUT2D eigenvalue weighted by Gasteiger charge is -2.24. The van der Waals surface area contributed by atoms with Gasteiger partial charge >= 0.3 is 11.9 Å². The van der Waals surface area contributed by atoms with E-state index in [0.29, 0.717) is 17.7 Å². The van der Waals surface area contributed by atoms with Crippen molar-refractivity contribution >= 4 is 23.8 Å². The fraction of sp³-hybridized carbons (Fsp3) is 0.320. The summed E-state index contributed by atoms with van der Waals surface area (Å²) in [6.07, 6.45) is 2.94. The number of Topliss-reactive ketones (excluding diaryl/α,β-unsaturated/α-hetero) is 1. The van der Waals surface area contributed by atoms with Gasteiger partial charge in [0, 0.05) is 11.6 Å². The Bertz CT molecular complexity index is 916. The smallest absolute Gasteiger partial charge is 0.330 e. The number of esters is 2. The van der Waals surface area contributed by atoms with E-state index in [4.69, 9.17) is 9.47 Å². The Balaban J connectivity index is 2.30. The van der Waals surface area contributed by atoms with Crippen molar-refractivity contribution in [1.82, 2.24) is 0 Å². The molecule has 0 heterocycles. The largest absolute Gasteiger partial charge is 0.463 e. The van der Waals surface area contributed by atoms with Crippen LogP contribution in [-0.4, -0.2) is 29.9 Å². The number of aryl methyl sites for hydroxylation is 1. The molecule has 0 saturated heterocycles. The zero-order chi connectivity index (χ0) is 22.3. The Kier molecular flexibility index (Phi) is 7.70. The predicted molar refractivity (Wildman–Crippen MR) is 116 cm³/mol. The van der Waals surface area contributed by atoms with E-state index in [9.17, 15) is 14.4 Å². The van der Waals surface area contributed by atoms with Crippen LogP contribution in [0, 0.1) is 6.92 Å². The van der Waals surface area contributed by atoms with E-state index in [-0.39, 0.29) is 5.78 Å². The van der Waals surface area contributed by atoms with Crippen molar-refractivity contribution in [2.75, 3.05) is 6.61 Å². The van der Waals surface area contributed by atoms with Gasteiger partial charge in [0.1, 0.15) is 11.5 Å². The van der Waals surface area contributed by atoms with Gasteiger partial charge in [-0.15, -0.1) is 0 Å². The van der Waals surface area contributed by atoms with Crippen LogP contribution >= 0.6 is 0 Å². The van der Waals surface area contributed by atoms with Crippen LogP contribution in [0.1, 0.15) is 60.7 Å². The van der Waals surface area contributed by atoms with Gasteiger partial charge in [0.25, 0.3) is 0 Å². The van der Waals surface area contributed by atoms with Crippen molar-refractivity contribution in [3.63, 3.8) is 0 Å². The summed E-state index contributed by atoms with van der Waals surface area (Å²) in [5.74, 6) is -2.40. The minimum Gasteiger partial charge on any atom is -0.463 e. The quantitative estimate of drug-likeness (QED) is 0.283. The zero-order valence-corrected chi connectivity index (χ0v) is 18.1. The fourth-order valence-electron chi connectivity index (χ4n) is 2.79. The summed E-state index contributed by atoms with van der Waals surface area (Å²) in [6, 6.07) is 14.0. The molecule has 2 rings (SSSR count). The molecule has 0 aromatic heterocycles. The third-order valence-corrected chi connectivity index (χ3v) is 4.21. The summed E-state index contributed by atoms with van der Waals surface area (Å²) < 4.78 is 10.4. The highest BCUT2D eigenvalue weighted by Crippen LogP contribution is 2.26. The molecule has 0 amide bonds. The number of carbonyl (C=O) groups excluding carboxylic acids is 3. The number of ether oxygens (including phenoxy) is 2. The average Bonchev–Trinajstić information content (AvgIpc) is 2.67. The standard InChI is InChI=1S/C25H28O5/c1-6-29-21(26)16-11-18-9-14-20(15-10-18)23(27)22(24(28)30-25(3,4)5)19-12-7-17(2)8-13-19/h7-16,22H,6H2,1-5H3. The monoisotopic (exact) mass is 408 g/mol. The van der Waals surface area contributed by atoms with Crippen LogP contribution in [0.4, 0.5) is 0 Å². The molecule has 5 nitrogen and oxygen atoms in total. The second-order valence-corrected chi connectivity index (χ2v) is 7.95. The zero-order valence-electron chi connectivity index (χ0n) is 18.1. The minimum atomic E-state index is -1.05. The number of rotatable bonds is 7. The second-order valence-electron chi connectivity index (χ2n) is 7.95. The molecule has 2 aromatic carbocycles. The Morgan fingerprint density at radius 1 is 0.967 bits per heavy atom. The highest BCUT2D eigenvalue weighted by molar-refractivity contribution is 6.13. The molecule has 158 valence electrons. The van der Waals surface area contributed by atoms with Gasteiger partial charge in [-0.2, -0.15) is 0 Å². The summed E-state index contributed by atoms with van der Waals surface area (Å²) in [7, 11) is 0. The molecule has 0 aliphatic carbocycles. The van der Waals surface area contributed by atoms with Crippen molar-refractivity contribution in [1.29, 1.82) is 0 Å². The molecule has 0 aliphatic rings. The molecule has 0 N–H and O–H groups in total. The summed E-state index contributed by atoms with van der Waals surface area (Å²) in [5, 5.41) is 0. The first-order valence-corrected chi connectivity index (χ1v) is 9.89. The van der Waals surface area contributed by atoms with E-state index in [1.165, 1.54) is 6.08 Å². The Labute approximate surface area is 177 Å². The minimum absolute atomic E-state index is 0.307. The molecular formula is C25H28O5. The summed E-state index contributed by atoms with van der Waals surface area (Å²) >= 11 is 0. The molecule has 1 unspecified atom stereocenters. The van der Waals surface area contributed by atoms with Gasteiger partial charge in [-0.1, -0.05) is 54.1 Å². The highest BCUT2D eigenvalue weighted by Gasteiger charge is 2.33. The Morgan fingerprint density at radius 2 is 1.57 bits per heavy atom.